The maximum Gasteiger partial charge on any atom is 0.240 e. The van der Waals surface area contributed by atoms with Crippen molar-refractivity contribution in [2.24, 2.45) is 5.73 Å². The third kappa shape index (κ3) is 4.88. The standard InChI is InChI=1S/C18H26N2O4/c1-2-23-15-9-3-4-10-16(15)24-13-7-11-17(21)20-12-6-5-8-14(20)18(19)22/h3-4,9-10,14H,2,5-8,11-13H2,1H3,(H2,19,22). The van der Waals surface area contributed by atoms with Crippen LogP contribution in [-0.2, 0) is 9.59 Å². The van der Waals surface area contributed by atoms with Gasteiger partial charge in [-0.2, -0.15) is 0 Å². The van der Waals surface area contributed by atoms with E-state index in [0.29, 0.717) is 50.5 Å². The molecule has 6 heteroatoms. The van der Waals surface area contributed by atoms with Crippen molar-refractivity contribution in [1.29, 1.82) is 0 Å². The molecule has 1 unspecified atom stereocenters. The predicted octanol–water partition coefficient (Wildman–Crippen LogP) is 2.11. The molecule has 0 aromatic heterocycles. The van der Waals surface area contributed by atoms with Crippen LogP contribution in [0.1, 0.15) is 39.0 Å². The number of piperidine rings is 1. The Bertz CT molecular complexity index is 562. The van der Waals surface area contributed by atoms with E-state index >= 15 is 0 Å². The predicted molar refractivity (Wildman–Crippen MR) is 90.9 cm³/mol. The Kier molecular flexibility index (Phi) is 6.90. The maximum absolute atomic E-state index is 12.3. The highest BCUT2D eigenvalue weighted by atomic mass is 16.5. The number of rotatable bonds is 8. The van der Waals surface area contributed by atoms with E-state index in [2.05, 4.69) is 0 Å². The van der Waals surface area contributed by atoms with Gasteiger partial charge in [-0.1, -0.05) is 12.1 Å². The summed E-state index contributed by atoms with van der Waals surface area (Å²) in [5, 5.41) is 0. The van der Waals surface area contributed by atoms with Gasteiger partial charge in [-0.3, -0.25) is 9.59 Å². The van der Waals surface area contributed by atoms with E-state index in [1.165, 1.54) is 0 Å². The Morgan fingerprint density at radius 3 is 2.58 bits per heavy atom. The number of hydrogen-bond donors (Lipinski definition) is 1. The minimum atomic E-state index is -0.453. The van der Waals surface area contributed by atoms with Crippen molar-refractivity contribution in [3.05, 3.63) is 24.3 Å². The number of carbonyl (C=O) groups excluding carboxylic acids is 2. The summed E-state index contributed by atoms with van der Waals surface area (Å²) in [6.07, 6.45) is 3.46. The molecule has 24 heavy (non-hydrogen) atoms. The molecule has 6 nitrogen and oxygen atoms in total. The number of likely N-dealkylation sites (tertiary alicyclic amines) is 1. The summed E-state index contributed by atoms with van der Waals surface area (Å²) in [5.74, 6) is 0.945. The third-order valence-corrected chi connectivity index (χ3v) is 4.09. The molecule has 1 heterocycles. The Morgan fingerprint density at radius 1 is 1.21 bits per heavy atom. The molecule has 0 radical (unpaired) electrons. The van der Waals surface area contributed by atoms with E-state index in [4.69, 9.17) is 15.2 Å². The molecule has 1 atom stereocenters. The molecule has 1 aromatic carbocycles. The lowest BCUT2D eigenvalue weighted by Gasteiger charge is -2.33. The fourth-order valence-electron chi connectivity index (χ4n) is 2.92. The Balaban J connectivity index is 1.79. The number of primary amides is 1. The molecule has 0 aliphatic carbocycles. The minimum absolute atomic E-state index is 0.0276. The molecule has 132 valence electrons. The highest BCUT2D eigenvalue weighted by molar-refractivity contribution is 5.86. The van der Waals surface area contributed by atoms with E-state index in [-0.39, 0.29) is 5.91 Å². The number of amides is 2. The summed E-state index contributed by atoms with van der Waals surface area (Å²) < 4.78 is 11.2. The summed E-state index contributed by atoms with van der Waals surface area (Å²) in [6, 6.07) is 7.02. The van der Waals surface area contributed by atoms with Crippen LogP contribution < -0.4 is 15.2 Å². The van der Waals surface area contributed by atoms with Gasteiger partial charge in [-0.25, -0.2) is 0 Å². The van der Waals surface area contributed by atoms with Gasteiger partial charge >= 0.3 is 0 Å². The second-order valence-corrected chi connectivity index (χ2v) is 5.83. The molecular weight excluding hydrogens is 308 g/mol. The Morgan fingerprint density at radius 2 is 1.92 bits per heavy atom. The minimum Gasteiger partial charge on any atom is -0.490 e. The molecule has 1 aliphatic rings. The van der Waals surface area contributed by atoms with Gasteiger partial charge in [-0.05, 0) is 44.7 Å². The first-order valence-electron chi connectivity index (χ1n) is 8.57. The average molecular weight is 334 g/mol. The number of para-hydroxylation sites is 2. The molecule has 2 amide bonds. The van der Waals surface area contributed by atoms with Crippen LogP contribution in [0.4, 0.5) is 0 Å². The highest BCUT2D eigenvalue weighted by Crippen LogP contribution is 2.26. The molecule has 2 N–H and O–H groups in total. The summed E-state index contributed by atoms with van der Waals surface area (Å²) >= 11 is 0. The zero-order valence-corrected chi connectivity index (χ0v) is 14.2. The SMILES string of the molecule is CCOc1ccccc1OCCCC(=O)N1CCCCC1C(N)=O. The molecule has 0 bridgehead atoms. The van der Waals surface area contributed by atoms with Crippen LogP contribution in [0, 0.1) is 0 Å². The lowest BCUT2D eigenvalue weighted by atomic mass is 10.0. The number of ether oxygens (including phenoxy) is 2. The van der Waals surface area contributed by atoms with Gasteiger partial charge in [0.25, 0.3) is 0 Å². The Labute approximate surface area is 142 Å². The average Bonchev–Trinajstić information content (AvgIpc) is 2.60. The molecule has 1 aromatic rings. The normalized spacial score (nSPS) is 17.4. The Hall–Kier alpha value is -2.24. The van der Waals surface area contributed by atoms with Gasteiger partial charge in [0.05, 0.1) is 13.2 Å². The van der Waals surface area contributed by atoms with Crippen LogP contribution in [0.5, 0.6) is 11.5 Å². The van der Waals surface area contributed by atoms with Gasteiger partial charge in [0, 0.05) is 13.0 Å². The zero-order valence-electron chi connectivity index (χ0n) is 14.2. The number of hydrogen-bond acceptors (Lipinski definition) is 4. The van der Waals surface area contributed by atoms with Crippen molar-refractivity contribution in [3.63, 3.8) is 0 Å². The molecule has 2 rings (SSSR count). The fourth-order valence-corrected chi connectivity index (χ4v) is 2.92. The zero-order chi connectivity index (χ0) is 17.4. The van der Waals surface area contributed by atoms with Crippen molar-refractivity contribution in [2.45, 2.75) is 45.1 Å². The summed E-state index contributed by atoms with van der Waals surface area (Å²) in [7, 11) is 0. The smallest absolute Gasteiger partial charge is 0.240 e. The number of carbonyl (C=O) groups is 2. The van der Waals surface area contributed by atoms with Crippen molar-refractivity contribution in [3.8, 4) is 11.5 Å². The second kappa shape index (κ2) is 9.15. The first kappa shape index (κ1) is 18.1. The fraction of sp³-hybridized carbons (Fsp3) is 0.556. The van der Waals surface area contributed by atoms with Gasteiger partial charge < -0.3 is 20.1 Å². The van der Waals surface area contributed by atoms with Gasteiger partial charge in [0.15, 0.2) is 11.5 Å². The monoisotopic (exact) mass is 334 g/mol. The van der Waals surface area contributed by atoms with Crippen LogP contribution in [-0.4, -0.2) is 42.5 Å². The van der Waals surface area contributed by atoms with Crippen LogP contribution in [0.25, 0.3) is 0 Å². The van der Waals surface area contributed by atoms with E-state index in [1.807, 2.05) is 31.2 Å². The molecular formula is C18H26N2O4. The van der Waals surface area contributed by atoms with Crippen LogP contribution in [0.3, 0.4) is 0 Å². The van der Waals surface area contributed by atoms with Gasteiger partial charge in [0.2, 0.25) is 11.8 Å². The van der Waals surface area contributed by atoms with E-state index < -0.39 is 11.9 Å². The van der Waals surface area contributed by atoms with Gasteiger partial charge in [-0.15, -0.1) is 0 Å². The molecule has 1 saturated heterocycles. The summed E-state index contributed by atoms with van der Waals surface area (Å²) in [4.78, 5) is 25.4. The number of nitrogens with two attached hydrogens (primary N) is 1. The lowest BCUT2D eigenvalue weighted by molar-refractivity contribution is -0.141. The van der Waals surface area contributed by atoms with Crippen molar-refractivity contribution >= 4 is 11.8 Å². The first-order valence-corrected chi connectivity index (χ1v) is 8.57. The van der Waals surface area contributed by atoms with Crippen molar-refractivity contribution in [2.75, 3.05) is 19.8 Å². The topological polar surface area (TPSA) is 81.9 Å². The van der Waals surface area contributed by atoms with Crippen LogP contribution >= 0.6 is 0 Å². The third-order valence-electron chi connectivity index (χ3n) is 4.09. The lowest BCUT2D eigenvalue weighted by Crippen LogP contribution is -2.50. The van der Waals surface area contributed by atoms with E-state index in [1.54, 1.807) is 4.90 Å². The largest absolute Gasteiger partial charge is 0.490 e. The molecule has 1 fully saturated rings. The number of benzene rings is 1. The highest BCUT2D eigenvalue weighted by Gasteiger charge is 2.29. The summed E-state index contributed by atoms with van der Waals surface area (Å²) in [5.41, 5.74) is 5.40. The molecule has 0 spiro atoms. The number of nitrogens with zero attached hydrogens (tertiary/aromatic N) is 1. The second-order valence-electron chi connectivity index (χ2n) is 5.83. The van der Waals surface area contributed by atoms with Crippen molar-refractivity contribution < 1.29 is 19.1 Å². The van der Waals surface area contributed by atoms with E-state index in [9.17, 15) is 9.59 Å². The van der Waals surface area contributed by atoms with Crippen molar-refractivity contribution in [1.82, 2.24) is 4.90 Å². The van der Waals surface area contributed by atoms with Crippen LogP contribution in [0.2, 0.25) is 0 Å². The quantitative estimate of drug-likeness (QED) is 0.738. The molecule has 0 saturated carbocycles. The molecule has 1 aliphatic heterocycles. The van der Waals surface area contributed by atoms with Crippen LogP contribution in [0.15, 0.2) is 24.3 Å². The van der Waals surface area contributed by atoms with E-state index in [0.717, 1.165) is 12.8 Å². The summed E-state index contributed by atoms with van der Waals surface area (Å²) in [6.45, 7) is 3.52. The first-order chi connectivity index (χ1) is 11.6. The van der Waals surface area contributed by atoms with Gasteiger partial charge in [0.1, 0.15) is 6.04 Å². The maximum atomic E-state index is 12.3.